The highest BCUT2D eigenvalue weighted by molar-refractivity contribution is 6.33. The van der Waals surface area contributed by atoms with Gasteiger partial charge in [0.15, 0.2) is 0 Å². The Bertz CT molecular complexity index is 555. The smallest absolute Gasteiger partial charge is 0.291 e. The van der Waals surface area contributed by atoms with Gasteiger partial charge in [-0.15, -0.1) is 0 Å². The summed E-state index contributed by atoms with van der Waals surface area (Å²) in [5.74, 6) is 1.02. The highest BCUT2D eigenvalue weighted by atomic mass is 35.5. The Morgan fingerprint density at radius 2 is 2.10 bits per heavy atom. The summed E-state index contributed by atoms with van der Waals surface area (Å²) in [6.45, 7) is 1.35. The molecule has 3 N–H and O–H groups in total. The van der Waals surface area contributed by atoms with Crippen molar-refractivity contribution in [1.29, 1.82) is 0 Å². The third-order valence-electron chi connectivity index (χ3n) is 4.95. The van der Waals surface area contributed by atoms with Crippen LogP contribution in [0.1, 0.15) is 38.5 Å². The van der Waals surface area contributed by atoms with Crippen LogP contribution in [0.3, 0.4) is 0 Å². The molecule has 2 aliphatic carbocycles. The molecule has 0 aromatic carbocycles. The van der Waals surface area contributed by atoms with Crippen LogP contribution < -0.4 is 16.6 Å². The van der Waals surface area contributed by atoms with Crippen molar-refractivity contribution < 1.29 is 0 Å². The molecule has 0 saturated heterocycles. The van der Waals surface area contributed by atoms with Crippen LogP contribution in [0.2, 0.25) is 5.02 Å². The van der Waals surface area contributed by atoms with E-state index in [2.05, 4.69) is 10.4 Å². The normalized spacial score (nSPS) is 25.8. The van der Waals surface area contributed by atoms with Gasteiger partial charge in [0.05, 0.1) is 11.2 Å². The Labute approximate surface area is 129 Å². The monoisotopic (exact) mass is 310 g/mol. The summed E-state index contributed by atoms with van der Waals surface area (Å²) in [7, 11) is 0. The molecule has 0 aliphatic heterocycles. The van der Waals surface area contributed by atoms with Crippen LogP contribution in [0.15, 0.2) is 11.0 Å². The van der Waals surface area contributed by atoms with Gasteiger partial charge in [0, 0.05) is 12.6 Å². The molecule has 2 fully saturated rings. The molecule has 0 radical (unpaired) electrons. The molecular weight excluding hydrogens is 288 g/mol. The number of anilines is 1. The van der Waals surface area contributed by atoms with Gasteiger partial charge in [0.2, 0.25) is 0 Å². The van der Waals surface area contributed by atoms with Gasteiger partial charge in [-0.05, 0) is 44.1 Å². The summed E-state index contributed by atoms with van der Waals surface area (Å²) in [6, 6.07) is 0.250. The first-order valence-corrected chi connectivity index (χ1v) is 8.29. The zero-order valence-corrected chi connectivity index (χ0v) is 13.0. The molecule has 0 amide bonds. The van der Waals surface area contributed by atoms with Crippen LogP contribution >= 0.6 is 11.6 Å². The van der Waals surface area contributed by atoms with Gasteiger partial charge in [0.1, 0.15) is 5.69 Å². The second-order valence-electron chi connectivity index (χ2n) is 6.33. The van der Waals surface area contributed by atoms with Gasteiger partial charge in [-0.1, -0.05) is 24.4 Å². The number of nitrogens with two attached hydrogens (primary N) is 1. The van der Waals surface area contributed by atoms with Crippen LogP contribution in [-0.4, -0.2) is 22.4 Å². The van der Waals surface area contributed by atoms with Crippen molar-refractivity contribution >= 4 is 17.3 Å². The van der Waals surface area contributed by atoms with Gasteiger partial charge in [-0.2, -0.15) is 5.10 Å². The maximum atomic E-state index is 12.6. The molecule has 2 unspecified atom stereocenters. The van der Waals surface area contributed by atoms with Crippen molar-refractivity contribution in [2.75, 3.05) is 11.9 Å². The van der Waals surface area contributed by atoms with Gasteiger partial charge >= 0.3 is 0 Å². The molecule has 21 heavy (non-hydrogen) atoms. The topological polar surface area (TPSA) is 72.9 Å². The summed E-state index contributed by atoms with van der Waals surface area (Å²) in [5, 5.41) is 7.93. The van der Waals surface area contributed by atoms with E-state index in [1.165, 1.54) is 19.3 Å². The molecule has 1 heterocycles. The van der Waals surface area contributed by atoms with E-state index in [1.54, 1.807) is 10.9 Å². The van der Waals surface area contributed by atoms with Crippen LogP contribution in [0.25, 0.3) is 0 Å². The Morgan fingerprint density at radius 1 is 1.33 bits per heavy atom. The maximum absolute atomic E-state index is 12.6. The number of hydrogen-bond donors (Lipinski definition) is 2. The van der Waals surface area contributed by atoms with E-state index in [0.717, 1.165) is 19.3 Å². The summed E-state index contributed by atoms with van der Waals surface area (Å²) < 4.78 is 1.56. The molecule has 6 heteroatoms. The fourth-order valence-corrected chi connectivity index (χ4v) is 3.52. The molecule has 1 aromatic heterocycles. The lowest BCUT2D eigenvalue weighted by atomic mass is 9.85. The van der Waals surface area contributed by atoms with E-state index in [0.29, 0.717) is 35.6 Å². The zero-order valence-electron chi connectivity index (χ0n) is 12.2. The van der Waals surface area contributed by atoms with E-state index in [-0.39, 0.29) is 11.6 Å². The standard InChI is InChI=1S/C15H23ClN4O/c16-12-8-18-20(9-10-3-1-4-10)15(21)14(12)19-13-6-2-5-11(13)7-17/h8,10-11,13,19H,1-7,9,17H2. The predicted molar refractivity (Wildman–Crippen MR) is 84.7 cm³/mol. The number of rotatable bonds is 5. The first-order valence-electron chi connectivity index (χ1n) is 7.91. The molecule has 0 spiro atoms. The van der Waals surface area contributed by atoms with E-state index in [4.69, 9.17) is 17.3 Å². The first kappa shape index (κ1) is 14.9. The van der Waals surface area contributed by atoms with Crippen molar-refractivity contribution in [1.82, 2.24) is 9.78 Å². The Morgan fingerprint density at radius 3 is 2.76 bits per heavy atom. The lowest BCUT2D eigenvalue weighted by molar-refractivity contribution is 0.262. The third-order valence-corrected chi connectivity index (χ3v) is 5.23. The van der Waals surface area contributed by atoms with E-state index < -0.39 is 0 Å². The highest BCUT2D eigenvalue weighted by Crippen LogP contribution is 2.30. The molecule has 3 rings (SSSR count). The lowest BCUT2D eigenvalue weighted by Gasteiger charge is -2.26. The number of nitrogens with one attached hydrogen (secondary N) is 1. The average molecular weight is 311 g/mol. The van der Waals surface area contributed by atoms with Gasteiger partial charge < -0.3 is 11.1 Å². The summed E-state index contributed by atoms with van der Waals surface area (Å²) >= 11 is 6.19. The van der Waals surface area contributed by atoms with E-state index in [1.807, 2.05) is 0 Å². The van der Waals surface area contributed by atoms with Gasteiger partial charge in [0.25, 0.3) is 5.56 Å². The largest absolute Gasteiger partial charge is 0.376 e. The Balaban J connectivity index is 1.79. The average Bonchev–Trinajstić information content (AvgIpc) is 2.88. The Kier molecular flexibility index (Phi) is 4.50. The zero-order chi connectivity index (χ0) is 14.8. The SMILES string of the molecule is NCC1CCCC1Nc1c(Cl)cnn(CC2CCC2)c1=O. The van der Waals surface area contributed by atoms with Crippen molar-refractivity contribution in [3.05, 3.63) is 21.6 Å². The van der Waals surface area contributed by atoms with Crippen molar-refractivity contribution in [3.63, 3.8) is 0 Å². The minimum absolute atomic E-state index is 0.0999. The molecule has 116 valence electrons. The minimum Gasteiger partial charge on any atom is -0.376 e. The second kappa shape index (κ2) is 6.36. The number of nitrogens with zero attached hydrogens (tertiary/aromatic N) is 2. The van der Waals surface area contributed by atoms with E-state index >= 15 is 0 Å². The van der Waals surface area contributed by atoms with Crippen molar-refractivity contribution in [3.8, 4) is 0 Å². The summed E-state index contributed by atoms with van der Waals surface area (Å²) in [4.78, 5) is 12.6. The number of aromatic nitrogens is 2. The van der Waals surface area contributed by atoms with Gasteiger partial charge in [-0.3, -0.25) is 4.79 Å². The lowest BCUT2D eigenvalue weighted by Crippen LogP contribution is -2.35. The summed E-state index contributed by atoms with van der Waals surface area (Å²) in [6.07, 6.45) is 8.54. The van der Waals surface area contributed by atoms with Crippen LogP contribution in [0.4, 0.5) is 5.69 Å². The Hall–Kier alpha value is -1.07. The molecule has 2 aliphatic rings. The molecule has 2 saturated carbocycles. The second-order valence-corrected chi connectivity index (χ2v) is 6.74. The fourth-order valence-electron chi connectivity index (χ4n) is 3.34. The van der Waals surface area contributed by atoms with Crippen molar-refractivity contribution in [2.45, 2.75) is 51.1 Å². The first-order chi connectivity index (χ1) is 10.2. The molecular formula is C15H23ClN4O. The van der Waals surface area contributed by atoms with Crippen molar-refractivity contribution in [2.24, 2.45) is 17.6 Å². The quantitative estimate of drug-likeness (QED) is 0.875. The number of halogens is 1. The predicted octanol–water partition coefficient (Wildman–Crippen LogP) is 2.24. The fraction of sp³-hybridized carbons (Fsp3) is 0.733. The molecule has 0 bridgehead atoms. The molecule has 1 aromatic rings. The summed E-state index contributed by atoms with van der Waals surface area (Å²) in [5.41, 5.74) is 6.20. The van der Waals surface area contributed by atoms with Gasteiger partial charge in [-0.25, -0.2) is 4.68 Å². The highest BCUT2D eigenvalue weighted by Gasteiger charge is 2.28. The molecule has 5 nitrogen and oxygen atoms in total. The van der Waals surface area contributed by atoms with E-state index in [9.17, 15) is 4.79 Å². The third kappa shape index (κ3) is 3.09. The van der Waals surface area contributed by atoms with Crippen LogP contribution in [0, 0.1) is 11.8 Å². The van der Waals surface area contributed by atoms with Crippen LogP contribution in [-0.2, 0) is 6.54 Å². The number of hydrogen-bond acceptors (Lipinski definition) is 4. The maximum Gasteiger partial charge on any atom is 0.291 e. The van der Waals surface area contributed by atoms with Crippen LogP contribution in [0.5, 0.6) is 0 Å². The molecule has 2 atom stereocenters. The minimum atomic E-state index is -0.0999.